The number of phosphoric ester groups is 1. The van der Waals surface area contributed by atoms with Crippen LogP contribution in [-0.4, -0.2) is 26.0 Å². The molecule has 2 rings (SSSR count). The zero-order valence-electron chi connectivity index (χ0n) is 10.5. The summed E-state index contributed by atoms with van der Waals surface area (Å²) in [7, 11) is -4.96. The maximum Gasteiger partial charge on any atom is 0.524 e. The van der Waals surface area contributed by atoms with Crippen LogP contribution >= 0.6 is 7.82 Å². The molecule has 0 atom stereocenters. The summed E-state index contributed by atoms with van der Waals surface area (Å²) in [5, 5.41) is 18.9. The fraction of sp³-hybridized carbons (Fsp3) is 0. The maximum absolute atomic E-state index is 11.0. The molecule has 0 saturated heterocycles. The lowest BCUT2D eigenvalue weighted by molar-refractivity contribution is 0.0693. The van der Waals surface area contributed by atoms with Crippen molar-refractivity contribution in [1.29, 1.82) is 0 Å². The number of benzene rings is 2. The second kappa shape index (κ2) is 5.57. The van der Waals surface area contributed by atoms with Crippen LogP contribution in [0, 0.1) is 0 Å². The number of aromatic hydroxyl groups is 1. The number of carboxylic acids is 1. The summed E-state index contributed by atoms with van der Waals surface area (Å²) in [5.41, 5.74) is 0.160. The van der Waals surface area contributed by atoms with Gasteiger partial charge in [-0.15, -0.1) is 0 Å². The van der Waals surface area contributed by atoms with Crippen molar-refractivity contribution in [2.75, 3.05) is 0 Å². The van der Waals surface area contributed by atoms with Crippen molar-refractivity contribution in [1.82, 2.24) is 0 Å². The van der Waals surface area contributed by atoms with Gasteiger partial charge in [0, 0.05) is 5.56 Å². The van der Waals surface area contributed by atoms with Gasteiger partial charge in [-0.3, -0.25) is 9.79 Å². The molecule has 4 N–H and O–H groups in total. The van der Waals surface area contributed by atoms with Crippen molar-refractivity contribution < 1.29 is 33.9 Å². The standard InChI is InChI=1S/C13H11O7P/c14-11-10(13(15)16)7-6-9(8-4-2-1-3-5-8)12(11)20-21(17,18)19/h1-7,14H,(H,15,16)(H2,17,18,19). The van der Waals surface area contributed by atoms with Crippen LogP contribution in [0.2, 0.25) is 0 Å². The Kier molecular flexibility index (Phi) is 3.99. The minimum atomic E-state index is -4.96. The first-order chi connectivity index (χ1) is 9.79. The normalized spacial score (nSPS) is 11.1. The molecule has 0 aliphatic heterocycles. The van der Waals surface area contributed by atoms with Crippen LogP contribution in [0.5, 0.6) is 11.5 Å². The third-order valence-corrected chi connectivity index (χ3v) is 3.08. The Labute approximate surface area is 119 Å². The molecular formula is C13H11O7P. The molecule has 8 heteroatoms. The average molecular weight is 310 g/mol. The Balaban J connectivity index is 2.68. The van der Waals surface area contributed by atoms with Crippen LogP contribution < -0.4 is 4.52 Å². The van der Waals surface area contributed by atoms with Crippen molar-refractivity contribution >= 4 is 13.8 Å². The van der Waals surface area contributed by atoms with Crippen molar-refractivity contribution in [3.63, 3.8) is 0 Å². The monoisotopic (exact) mass is 310 g/mol. The summed E-state index contributed by atoms with van der Waals surface area (Å²) in [6, 6.07) is 10.8. The molecule has 0 spiro atoms. The maximum atomic E-state index is 11.0. The van der Waals surface area contributed by atoms with Crippen LogP contribution in [0.3, 0.4) is 0 Å². The highest BCUT2D eigenvalue weighted by molar-refractivity contribution is 7.46. The minimum Gasteiger partial charge on any atom is -0.504 e. The number of hydrogen-bond donors (Lipinski definition) is 4. The second-order valence-electron chi connectivity index (χ2n) is 4.09. The number of carboxylic acid groups (broad SMARTS) is 1. The number of hydrogen-bond acceptors (Lipinski definition) is 4. The summed E-state index contributed by atoms with van der Waals surface area (Å²) < 4.78 is 15.5. The molecule has 2 aromatic carbocycles. The highest BCUT2D eigenvalue weighted by Gasteiger charge is 2.25. The molecule has 0 radical (unpaired) electrons. The molecule has 0 bridgehead atoms. The van der Waals surface area contributed by atoms with E-state index < -0.39 is 30.9 Å². The van der Waals surface area contributed by atoms with E-state index in [1.807, 2.05) is 0 Å². The van der Waals surface area contributed by atoms with Gasteiger partial charge in [0.15, 0.2) is 11.5 Å². The largest absolute Gasteiger partial charge is 0.524 e. The van der Waals surface area contributed by atoms with Crippen LogP contribution in [0.1, 0.15) is 10.4 Å². The number of phosphoric acid groups is 1. The van der Waals surface area contributed by atoms with Gasteiger partial charge in [-0.2, -0.15) is 0 Å². The van der Waals surface area contributed by atoms with E-state index in [1.54, 1.807) is 30.3 Å². The number of carbonyl (C=O) groups is 1. The molecular weight excluding hydrogens is 299 g/mol. The Morgan fingerprint density at radius 2 is 1.67 bits per heavy atom. The van der Waals surface area contributed by atoms with Gasteiger partial charge in [0.1, 0.15) is 5.56 Å². The number of aromatic carboxylic acids is 1. The molecule has 0 aliphatic rings. The molecule has 0 saturated carbocycles. The molecule has 0 heterocycles. The average Bonchev–Trinajstić information content (AvgIpc) is 2.40. The van der Waals surface area contributed by atoms with Gasteiger partial charge in [-0.25, -0.2) is 9.36 Å². The molecule has 0 amide bonds. The van der Waals surface area contributed by atoms with Gasteiger partial charge in [0.2, 0.25) is 0 Å². The predicted molar refractivity (Wildman–Crippen MR) is 73.2 cm³/mol. The van der Waals surface area contributed by atoms with Crippen molar-refractivity contribution in [2.45, 2.75) is 0 Å². The van der Waals surface area contributed by atoms with Gasteiger partial charge >= 0.3 is 13.8 Å². The number of rotatable bonds is 4. The molecule has 2 aromatic rings. The third kappa shape index (κ3) is 3.41. The van der Waals surface area contributed by atoms with E-state index in [-0.39, 0.29) is 5.56 Å². The zero-order chi connectivity index (χ0) is 15.6. The van der Waals surface area contributed by atoms with E-state index in [4.69, 9.17) is 14.9 Å². The van der Waals surface area contributed by atoms with Crippen molar-refractivity contribution in [3.05, 3.63) is 48.0 Å². The van der Waals surface area contributed by atoms with Crippen molar-refractivity contribution in [2.24, 2.45) is 0 Å². The lowest BCUT2D eigenvalue weighted by Crippen LogP contribution is -2.00. The first-order valence-electron chi connectivity index (χ1n) is 5.69. The van der Waals surface area contributed by atoms with Gasteiger partial charge < -0.3 is 14.7 Å². The molecule has 21 heavy (non-hydrogen) atoms. The lowest BCUT2D eigenvalue weighted by atomic mass is 10.0. The molecule has 0 fully saturated rings. The molecule has 7 nitrogen and oxygen atoms in total. The number of phenols is 1. The Morgan fingerprint density at radius 1 is 1.05 bits per heavy atom. The Bertz CT molecular complexity index is 721. The van der Waals surface area contributed by atoms with E-state index in [2.05, 4.69) is 4.52 Å². The first-order valence-corrected chi connectivity index (χ1v) is 7.22. The fourth-order valence-corrected chi connectivity index (χ4v) is 2.22. The lowest BCUT2D eigenvalue weighted by Gasteiger charge is -2.15. The summed E-state index contributed by atoms with van der Waals surface area (Å²) in [6.07, 6.45) is 0. The van der Waals surface area contributed by atoms with Gasteiger partial charge in [0.05, 0.1) is 0 Å². The van der Waals surface area contributed by atoms with E-state index in [0.29, 0.717) is 5.56 Å². The van der Waals surface area contributed by atoms with Gasteiger partial charge in [-0.05, 0) is 17.7 Å². The molecule has 0 aliphatic carbocycles. The molecule has 0 aromatic heterocycles. The van der Waals surface area contributed by atoms with E-state index in [0.717, 1.165) is 6.07 Å². The fourth-order valence-electron chi connectivity index (χ4n) is 1.80. The summed E-state index contributed by atoms with van der Waals surface area (Å²) >= 11 is 0. The zero-order valence-corrected chi connectivity index (χ0v) is 11.4. The Hall–Kier alpha value is -2.34. The summed E-state index contributed by atoms with van der Waals surface area (Å²) in [5.74, 6) is -2.86. The minimum absolute atomic E-state index is 0.168. The van der Waals surface area contributed by atoms with Gasteiger partial charge in [0.25, 0.3) is 0 Å². The van der Waals surface area contributed by atoms with Crippen LogP contribution in [0.4, 0.5) is 0 Å². The highest BCUT2D eigenvalue weighted by Crippen LogP contribution is 2.48. The summed E-state index contributed by atoms with van der Waals surface area (Å²) in [4.78, 5) is 28.8. The second-order valence-corrected chi connectivity index (χ2v) is 5.26. The Morgan fingerprint density at radius 3 is 2.19 bits per heavy atom. The third-order valence-electron chi connectivity index (χ3n) is 2.66. The van der Waals surface area contributed by atoms with Crippen LogP contribution in [0.25, 0.3) is 11.1 Å². The summed E-state index contributed by atoms with van der Waals surface area (Å²) in [6.45, 7) is 0. The van der Waals surface area contributed by atoms with E-state index >= 15 is 0 Å². The van der Waals surface area contributed by atoms with Gasteiger partial charge in [-0.1, -0.05) is 30.3 Å². The van der Waals surface area contributed by atoms with Crippen molar-refractivity contribution in [3.8, 4) is 22.6 Å². The topological polar surface area (TPSA) is 124 Å². The van der Waals surface area contributed by atoms with E-state index in [9.17, 15) is 14.5 Å². The molecule has 0 unspecified atom stereocenters. The van der Waals surface area contributed by atoms with E-state index in [1.165, 1.54) is 6.07 Å². The molecule has 110 valence electrons. The predicted octanol–water partition coefficient (Wildman–Crippen LogP) is 2.23. The van der Waals surface area contributed by atoms with Crippen LogP contribution in [0.15, 0.2) is 42.5 Å². The van der Waals surface area contributed by atoms with Crippen LogP contribution in [-0.2, 0) is 4.57 Å². The quantitative estimate of drug-likeness (QED) is 0.638. The SMILES string of the molecule is O=C(O)c1ccc(-c2ccccc2)c(OP(=O)(O)O)c1O. The first kappa shape index (κ1) is 15.1. The smallest absolute Gasteiger partial charge is 0.504 e. The highest BCUT2D eigenvalue weighted by atomic mass is 31.2.